The number of thiophene rings is 1. The maximum absolute atomic E-state index is 12.6. The fourth-order valence-electron chi connectivity index (χ4n) is 3.63. The third kappa shape index (κ3) is 3.43. The summed E-state index contributed by atoms with van der Waals surface area (Å²) >= 11 is 1.46. The summed E-state index contributed by atoms with van der Waals surface area (Å²) in [7, 11) is 1.52. The summed E-state index contributed by atoms with van der Waals surface area (Å²) in [4.78, 5) is 31.9. The SMILES string of the molecule is CCN1CCN(c2ccc(NC3=C(c4cccs4)C(=O)N(C)C3=O)cc2)CC1. The lowest BCUT2D eigenvalue weighted by molar-refractivity contribution is -0.135. The molecule has 146 valence electrons. The van der Waals surface area contributed by atoms with Crippen molar-refractivity contribution in [3.05, 3.63) is 52.4 Å². The lowest BCUT2D eigenvalue weighted by Crippen LogP contribution is -2.46. The molecule has 1 N–H and O–H groups in total. The van der Waals surface area contributed by atoms with Crippen LogP contribution in [-0.4, -0.2) is 61.4 Å². The first-order valence-corrected chi connectivity index (χ1v) is 10.4. The molecule has 1 saturated heterocycles. The number of amides is 2. The first kappa shape index (κ1) is 18.7. The number of benzene rings is 1. The average Bonchev–Trinajstić information content (AvgIpc) is 3.33. The molecule has 6 nitrogen and oxygen atoms in total. The van der Waals surface area contributed by atoms with Crippen molar-refractivity contribution in [3.63, 3.8) is 0 Å². The minimum absolute atomic E-state index is 0.264. The zero-order valence-corrected chi connectivity index (χ0v) is 17.0. The number of rotatable bonds is 5. The van der Waals surface area contributed by atoms with Gasteiger partial charge < -0.3 is 15.1 Å². The molecular weight excluding hydrogens is 372 g/mol. The van der Waals surface area contributed by atoms with Gasteiger partial charge in [0, 0.05) is 49.5 Å². The molecule has 1 fully saturated rings. The van der Waals surface area contributed by atoms with Crippen LogP contribution in [0.2, 0.25) is 0 Å². The Morgan fingerprint density at radius 1 is 1.00 bits per heavy atom. The average molecular weight is 397 g/mol. The molecule has 2 aliphatic heterocycles. The van der Waals surface area contributed by atoms with Gasteiger partial charge in [0.1, 0.15) is 5.70 Å². The van der Waals surface area contributed by atoms with Crippen LogP contribution in [0.1, 0.15) is 11.8 Å². The molecule has 2 aromatic rings. The molecule has 1 aromatic heterocycles. The monoisotopic (exact) mass is 396 g/mol. The number of piperazine rings is 1. The summed E-state index contributed by atoms with van der Waals surface area (Å²) in [6.07, 6.45) is 0. The van der Waals surface area contributed by atoms with Crippen LogP contribution in [0.15, 0.2) is 47.5 Å². The molecule has 0 atom stereocenters. The summed E-state index contributed by atoms with van der Waals surface area (Å²) in [6, 6.07) is 11.8. The van der Waals surface area contributed by atoms with Crippen molar-refractivity contribution >= 4 is 40.1 Å². The van der Waals surface area contributed by atoms with Crippen LogP contribution in [0.5, 0.6) is 0 Å². The van der Waals surface area contributed by atoms with E-state index in [2.05, 4.69) is 34.2 Å². The zero-order chi connectivity index (χ0) is 19.7. The molecule has 3 heterocycles. The van der Waals surface area contributed by atoms with E-state index in [-0.39, 0.29) is 11.8 Å². The summed E-state index contributed by atoms with van der Waals surface area (Å²) in [5, 5.41) is 5.09. The molecule has 0 spiro atoms. The molecule has 2 aliphatic rings. The molecule has 0 radical (unpaired) electrons. The minimum atomic E-state index is -0.298. The van der Waals surface area contributed by atoms with E-state index in [9.17, 15) is 9.59 Å². The predicted octanol–water partition coefficient (Wildman–Crippen LogP) is 2.71. The Morgan fingerprint density at radius 2 is 1.71 bits per heavy atom. The number of hydrogen-bond donors (Lipinski definition) is 1. The highest BCUT2D eigenvalue weighted by molar-refractivity contribution is 7.11. The number of likely N-dealkylation sites (N-methyl/N-ethyl adjacent to an activating group) is 2. The second-order valence-electron chi connectivity index (χ2n) is 6.99. The Kier molecular flexibility index (Phi) is 5.19. The first-order valence-electron chi connectivity index (χ1n) is 9.53. The summed E-state index contributed by atoms with van der Waals surface area (Å²) in [5.41, 5.74) is 2.78. The topological polar surface area (TPSA) is 55.9 Å². The second-order valence-corrected chi connectivity index (χ2v) is 7.94. The molecule has 0 bridgehead atoms. The second kappa shape index (κ2) is 7.77. The van der Waals surface area contributed by atoms with Crippen LogP contribution in [0, 0.1) is 0 Å². The number of carbonyl (C=O) groups is 2. The highest BCUT2D eigenvalue weighted by Gasteiger charge is 2.37. The Labute approximate surface area is 169 Å². The Bertz CT molecular complexity index is 897. The van der Waals surface area contributed by atoms with Gasteiger partial charge in [0.25, 0.3) is 11.8 Å². The molecule has 7 heteroatoms. The Hall–Kier alpha value is -2.64. The van der Waals surface area contributed by atoms with Gasteiger partial charge in [-0.15, -0.1) is 11.3 Å². The molecule has 2 amide bonds. The van der Waals surface area contributed by atoms with Crippen LogP contribution in [0.25, 0.3) is 5.57 Å². The van der Waals surface area contributed by atoms with Gasteiger partial charge in [-0.2, -0.15) is 0 Å². The van der Waals surface area contributed by atoms with Crippen molar-refractivity contribution < 1.29 is 9.59 Å². The maximum atomic E-state index is 12.6. The third-order valence-corrected chi connectivity index (χ3v) is 6.26. The van der Waals surface area contributed by atoms with Crippen LogP contribution in [0.4, 0.5) is 11.4 Å². The number of carbonyl (C=O) groups excluding carboxylic acids is 2. The van der Waals surface area contributed by atoms with E-state index in [0.29, 0.717) is 11.3 Å². The van der Waals surface area contributed by atoms with Crippen LogP contribution < -0.4 is 10.2 Å². The van der Waals surface area contributed by atoms with Gasteiger partial charge in [0.05, 0.1) is 5.57 Å². The fraction of sp³-hybridized carbons (Fsp3) is 0.333. The van der Waals surface area contributed by atoms with Gasteiger partial charge >= 0.3 is 0 Å². The van der Waals surface area contributed by atoms with E-state index in [0.717, 1.165) is 43.3 Å². The number of nitrogens with zero attached hydrogens (tertiary/aromatic N) is 3. The molecule has 28 heavy (non-hydrogen) atoms. The van der Waals surface area contributed by atoms with Gasteiger partial charge in [-0.1, -0.05) is 13.0 Å². The van der Waals surface area contributed by atoms with E-state index in [4.69, 9.17) is 0 Å². The molecule has 1 aromatic carbocycles. The summed E-state index contributed by atoms with van der Waals surface area (Å²) in [5.74, 6) is -0.562. The van der Waals surface area contributed by atoms with Crippen LogP contribution >= 0.6 is 11.3 Å². The van der Waals surface area contributed by atoms with Crippen molar-refractivity contribution in [2.24, 2.45) is 0 Å². The minimum Gasteiger partial charge on any atom is -0.369 e. The summed E-state index contributed by atoms with van der Waals surface area (Å²) < 4.78 is 0. The lowest BCUT2D eigenvalue weighted by Gasteiger charge is -2.35. The summed E-state index contributed by atoms with van der Waals surface area (Å²) in [6.45, 7) is 7.49. The van der Waals surface area contributed by atoms with E-state index >= 15 is 0 Å². The molecular formula is C21H24N4O2S. The number of hydrogen-bond acceptors (Lipinski definition) is 6. The maximum Gasteiger partial charge on any atom is 0.277 e. The van der Waals surface area contributed by atoms with Crippen molar-refractivity contribution in [1.82, 2.24) is 9.80 Å². The molecule has 0 unspecified atom stereocenters. The Balaban J connectivity index is 1.53. The fourth-order valence-corrected chi connectivity index (χ4v) is 4.40. The van der Waals surface area contributed by atoms with E-state index < -0.39 is 0 Å². The zero-order valence-electron chi connectivity index (χ0n) is 16.1. The predicted molar refractivity (Wildman–Crippen MR) is 113 cm³/mol. The van der Waals surface area contributed by atoms with Gasteiger partial charge in [-0.3, -0.25) is 14.5 Å². The van der Waals surface area contributed by atoms with E-state index in [1.54, 1.807) is 0 Å². The van der Waals surface area contributed by atoms with E-state index in [1.807, 2.05) is 29.6 Å². The lowest BCUT2D eigenvalue weighted by atomic mass is 10.1. The van der Waals surface area contributed by atoms with Gasteiger partial charge in [0.2, 0.25) is 0 Å². The smallest absolute Gasteiger partial charge is 0.277 e. The van der Waals surface area contributed by atoms with E-state index in [1.165, 1.54) is 29.0 Å². The molecule has 0 aliphatic carbocycles. The van der Waals surface area contributed by atoms with Crippen molar-refractivity contribution in [2.45, 2.75) is 6.92 Å². The number of nitrogens with one attached hydrogen (secondary N) is 1. The van der Waals surface area contributed by atoms with Gasteiger partial charge in [-0.25, -0.2) is 0 Å². The van der Waals surface area contributed by atoms with Gasteiger partial charge in [0.15, 0.2) is 0 Å². The third-order valence-electron chi connectivity index (χ3n) is 5.38. The van der Waals surface area contributed by atoms with Crippen molar-refractivity contribution in [2.75, 3.05) is 50.0 Å². The molecule has 0 saturated carbocycles. The number of imide groups is 1. The van der Waals surface area contributed by atoms with Gasteiger partial charge in [-0.05, 0) is 42.3 Å². The molecule has 4 rings (SSSR count). The first-order chi connectivity index (χ1) is 13.6. The highest BCUT2D eigenvalue weighted by atomic mass is 32.1. The van der Waals surface area contributed by atoms with Crippen LogP contribution in [-0.2, 0) is 9.59 Å². The van der Waals surface area contributed by atoms with Crippen molar-refractivity contribution in [1.29, 1.82) is 0 Å². The van der Waals surface area contributed by atoms with Crippen molar-refractivity contribution in [3.8, 4) is 0 Å². The highest BCUT2D eigenvalue weighted by Crippen LogP contribution is 2.32. The normalized spacial score (nSPS) is 18.4. The largest absolute Gasteiger partial charge is 0.369 e. The van der Waals surface area contributed by atoms with Crippen LogP contribution in [0.3, 0.4) is 0 Å². The number of anilines is 2. The Morgan fingerprint density at radius 3 is 2.32 bits per heavy atom. The standard InChI is InChI=1S/C21H24N4O2S/c1-3-24-10-12-25(13-11-24)16-8-6-15(7-9-16)22-19-18(17-5-4-14-28-17)20(26)23(2)21(19)27/h4-9,14,22H,3,10-13H2,1-2H3. The quantitative estimate of drug-likeness (QED) is 0.788.